The van der Waals surface area contributed by atoms with E-state index in [0.29, 0.717) is 5.82 Å². The van der Waals surface area contributed by atoms with Gasteiger partial charge in [-0.1, -0.05) is 0 Å². The lowest BCUT2D eigenvalue weighted by Gasteiger charge is -2.32. The van der Waals surface area contributed by atoms with Crippen molar-refractivity contribution in [3.63, 3.8) is 0 Å². The van der Waals surface area contributed by atoms with E-state index in [9.17, 15) is 0 Å². The summed E-state index contributed by atoms with van der Waals surface area (Å²) in [5, 5.41) is 0. The Kier molecular flexibility index (Phi) is 4.90. The fourth-order valence-corrected chi connectivity index (χ4v) is 3.45. The molecule has 0 aliphatic carbocycles. The first-order valence-corrected chi connectivity index (χ1v) is 9.11. The molecule has 7 nitrogen and oxygen atoms in total. The van der Waals surface area contributed by atoms with Gasteiger partial charge in [-0.15, -0.1) is 0 Å². The Hall–Kier alpha value is -2.38. The molecule has 2 aliphatic rings. The number of aromatic nitrogens is 2. The van der Waals surface area contributed by atoms with Gasteiger partial charge in [0.15, 0.2) is 0 Å². The molecule has 2 aromatic heterocycles. The number of rotatable bonds is 3. The third-order valence-corrected chi connectivity index (χ3v) is 4.91. The standard InChI is InChI=1S/C19H25N5O2/c1-14-10-17(20)21-13-16(14)15-11-18(23-2-6-25-7-3-23)22-19(12-15)24-4-8-26-9-5-24/h10-13H,2-9H2,1H3,(H2,20,21). The molecule has 0 amide bonds. The summed E-state index contributed by atoms with van der Waals surface area (Å²) < 4.78 is 11.0. The molecule has 0 atom stereocenters. The SMILES string of the molecule is Cc1cc(N)ncc1-c1cc(N2CCOCC2)nc(N2CCOCC2)c1. The number of nitrogen functional groups attached to an aromatic ring is 1. The molecule has 2 N–H and O–H groups in total. The number of pyridine rings is 2. The number of nitrogens with two attached hydrogens (primary N) is 1. The van der Waals surface area contributed by atoms with Crippen molar-refractivity contribution in [1.29, 1.82) is 0 Å². The van der Waals surface area contributed by atoms with E-state index in [2.05, 4.69) is 33.8 Å². The van der Waals surface area contributed by atoms with Crippen LogP contribution in [-0.2, 0) is 9.47 Å². The van der Waals surface area contributed by atoms with E-state index in [4.69, 9.17) is 20.2 Å². The highest BCUT2D eigenvalue weighted by Gasteiger charge is 2.19. The summed E-state index contributed by atoms with van der Waals surface area (Å²) >= 11 is 0. The molecule has 7 heteroatoms. The second kappa shape index (κ2) is 7.47. The molecule has 4 rings (SSSR count). The molecule has 2 aromatic rings. The summed E-state index contributed by atoms with van der Waals surface area (Å²) in [5.41, 5.74) is 9.15. The Balaban J connectivity index is 1.76. The van der Waals surface area contributed by atoms with Gasteiger partial charge in [0.05, 0.1) is 26.4 Å². The highest BCUT2D eigenvalue weighted by atomic mass is 16.5. The van der Waals surface area contributed by atoms with Gasteiger partial charge in [-0.2, -0.15) is 0 Å². The van der Waals surface area contributed by atoms with Crippen LogP contribution in [0.4, 0.5) is 17.5 Å². The van der Waals surface area contributed by atoms with Crippen molar-refractivity contribution in [2.24, 2.45) is 0 Å². The van der Waals surface area contributed by atoms with E-state index in [0.717, 1.165) is 80.9 Å². The van der Waals surface area contributed by atoms with Crippen LogP contribution in [0.5, 0.6) is 0 Å². The number of hydrogen-bond acceptors (Lipinski definition) is 7. The van der Waals surface area contributed by atoms with Gasteiger partial charge in [-0.25, -0.2) is 9.97 Å². The van der Waals surface area contributed by atoms with E-state index in [-0.39, 0.29) is 0 Å². The Labute approximate surface area is 153 Å². The zero-order valence-corrected chi connectivity index (χ0v) is 15.1. The highest BCUT2D eigenvalue weighted by molar-refractivity contribution is 5.73. The molecule has 0 unspecified atom stereocenters. The highest BCUT2D eigenvalue weighted by Crippen LogP contribution is 2.31. The predicted octanol–water partition coefficient (Wildman–Crippen LogP) is 1.71. The summed E-state index contributed by atoms with van der Waals surface area (Å²) in [6, 6.07) is 6.21. The molecule has 2 fully saturated rings. The molecule has 0 bridgehead atoms. The Bertz CT molecular complexity index is 734. The number of nitrogens with zero attached hydrogens (tertiary/aromatic N) is 4. The zero-order valence-electron chi connectivity index (χ0n) is 15.1. The number of morpholine rings is 2. The molecule has 2 aliphatic heterocycles. The first-order chi connectivity index (χ1) is 12.7. The molecule has 26 heavy (non-hydrogen) atoms. The van der Waals surface area contributed by atoms with E-state index >= 15 is 0 Å². The van der Waals surface area contributed by atoms with Crippen LogP contribution in [0.25, 0.3) is 11.1 Å². The summed E-state index contributed by atoms with van der Waals surface area (Å²) in [6.45, 7) is 8.45. The fourth-order valence-electron chi connectivity index (χ4n) is 3.45. The smallest absolute Gasteiger partial charge is 0.131 e. The minimum atomic E-state index is 0.544. The molecule has 138 valence electrons. The van der Waals surface area contributed by atoms with Crippen LogP contribution in [0.3, 0.4) is 0 Å². The largest absolute Gasteiger partial charge is 0.384 e. The van der Waals surface area contributed by atoms with Gasteiger partial charge in [0.25, 0.3) is 0 Å². The van der Waals surface area contributed by atoms with E-state index in [1.165, 1.54) is 0 Å². The Morgan fingerprint density at radius 2 is 1.42 bits per heavy atom. The normalized spacial score (nSPS) is 18.2. The first kappa shape index (κ1) is 17.1. The fraction of sp³-hybridized carbons (Fsp3) is 0.474. The lowest BCUT2D eigenvalue weighted by Crippen LogP contribution is -2.39. The third-order valence-electron chi connectivity index (χ3n) is 4.91. The number of aryl methyl sites for hydroxylation is 1. The van der Waals surface area contributed by atoms with Crippen LogP contribution in [0.2, 0.25) is 0 Å². The van der Waals surface area contributed by atoms with Crippen molar-refractivity contribution < 1.29 is 9.47 Å². The van der Waals surface area contributed by atoms with Crippen LogP contribution >= 0.6 is 0 Å². The van der Waals surface area contributed by atoms with Gasteiger partial charge >= 0.3 is 0 Å². The minimum Gasteiger partial charge on any atom is -0.384 e. The maximum absolute atomic E-state index is 5.83. The molecular formula is C19H25N5O2. The quantitative estimate of drug-likeness (QED) is 0.898. The van der Waals surface area contributed by atoms with Gasteiger partial charge in [-0.3, -0.25) is 0 Å². The Morgan fingerprint density at radius 3 is 1.92 bits per heavy atom. The van der Waals surface area contributed by atoms with Gasteiger partial charge < -0.3 is 25.0 Å². The second-order valence-corrected chi connectivity index (χ2v) is 6.70. The van der Waals surface area contributed by atoms with Crippen molar-refractivity contribution in [2.75, 3.05) is 68.1 Å². The minimum absolute atomic E-state index is 0.544. The van der Waals surface area contributed by atoms with Crippen LogP contribution in [0.1, 0.15) is 5.56 Å². The van der Waals surface area contributed by atoms with E-state index in [1.54, 1.807) is 0 Å². The maximum Gasteiger partial charge on any atom is 0.131 e. The van der Waals surface area contributed by atoms with Crippen molar-refractivity contribution in [2.45, 2.75) is 6.92 Å². The van der Waals surface area contributed by atoms with Gasteiger partial charge in [0.2, 0.25) is 0 Å². The van der Waals surface area contributed by atoms with Gasteiger partial charge in [0.1, 0.15) is 17.5 Å². The predicted molar refractivity (Wildman–Crippen MR) is 103 cm³/mol. The lowest BCUT2D eigenvalue weighted by atomic mass is 10.0. The Morgan fingerprint density at radius 1 is 0.885 bits per heavy atom. The summed E-state index contributed by atoms with van der Waals surface area (Å²) in [5.74, 6) is 2.52. The monoisotopic (exact) mass is 355 g/mol. The third kappa shape index (κ3) is 3.59. The molecule has 0 radical (unpaired) electrons. The summed E-state index contributed by atoms with van der Waals surface area (Å²) in [4.78, 5) is 13.8. The van der Waals surface area contributed by atoms with Crippen molar-refractivity contribution in [3.05, 3.63) is 30.0 Å². The number of ether oxygens (including phenoxy) is 2. The maximum atomic E-state index is 5.83. The lowest BCUT2D eigenvalue weighted by molar-refractivity contribution is 0.121. The summed E-state index contributed by atoms with van der Waals surface area (Å²) in [6.07, 6.45) is 1.85. The van der Waals surface area contributed by atoms with Crippen LogP contribution < -0.4 is 15.5 Å². The van der Waals surface area contributed by atoms with Crippen molar-refractivity contribution in [3.8, 4) is 11.1 Å². The molecule has 0 saturated carbocycles. The van der Waals surface area contributed by atoms with Crippen molar-refractivity contribution in [1.82, 2.24) is 9.97 Å². The van der Waals surface area contributed by atoms with Gasteiger partial charge in [-0.05, 0) is 36.2 Å². The van der Waals surface area contributed by atoms with E-state index < -0.39 is 0 Å². The zero-order chi connectivity index (χ0) is 17.9. The van der Waals surface area contributed by atoms with E-state index in [1.807, 2.05) is 12.3 Å². The first-order valence-electron chi connectivity index (χ1n) is 9.11. The topological polar surface area (TPSA) is 76.7 Å². The molecule has 0 aromatic carbocycles. The number of anilines is 3. The average Bonchev–Trinajstić information content (AvgIpc) is 2.69. The number of hydrogen-bond donors (Lipinski definition) is 1. The molecule has 4 heterocycles. The summed E-state index contributed by atoms with van der Waals surface area (Å²) in [7, 11) is 0. The second-order valence-electron chi connectivity index (χ2n) is 6.70. The van der Waals surface area contributed by atoms with Crippen LogP contribution in [0.15, 0.2) is 24.4 Å². The molecule has 0 spiro atoms. The average molecular weight is 355 g/mol. The molecular weight excluding hydrogens is 330 g/mol. The van der Waals surface area contributed by atoms with Gasteiger partial charge in [0, 0.05) is 37.9 Å². The van der Waals surface area contributed by atoms with Crippen molar-refractivity contribution >= 4 is 17.5 Å². The molecule has 2 saturated heterocycles. The van der Waals surface area contributed by atoms with Crippen LogP contribution in [-0.4, -0.2) is 62.6 Å². The van der Waals surface area contributed by atoms with Crippen LogP contribution in [0, 0.1) is 6.92 Å².